The summed E-state index contributed by atoms with van der Waals surface area (Å²) in [5.74, 6) is 0.101. The van der Waals surface area contributed by atoms with Gasteiger partial charge in [0.05, 0.1) is 6.33 Å². The van der Waals surface area contributed by atoms with E-state index in [2.05, 4.69) is 46.5 Å². The number of rotatable bonds is 7. The van der Waals surface area contributed by atoms with Crippen LogP contribution >= 0.6 is 0 Å². The number of carbonyl (C=O) groups is 1. The molecule has 0 atom stereocenters. The van der Waals surface area contributed by atoms with Crippen LogP contribution < -0.4 is 5.32 Å². The zero-order valence-electron chi connectivity index (χ0n) is 11.9. The first-order valence-corrected chi connectivity index (χ1v) is 7.09. The number of nitrogens with one attached hydrogen (secondary N) is 2. The van der Waals surface area contributed by atoms with Crippen molar-refractivity contribution >= 4 is 5.91 Å². The minimum atomic E-state index is 0.101. The van der Waals surface area contributed by atoms with Crippen LogP contribution in [0.4, 0.5) is 0 Å². The second kappa shape index (κ2) is 7.48. The number of nitrogens with zero attached hydrogens (tertiary/aromatic N) is 1. The number of benzene rings is 1. The van der Waals surface area contributed by atoms with Crippen molar-refractivity contribution in [3.63, 3.8) is 0 Å². The largest absolute Gasteiger partial charge is 0.356 e. The highest BCUT2D eigenvalue weighted by Crippen LogP contribution is 2.07. The summed E-state index contributed by atoms with van der Waals surface area (Å²) in [5.41, 5.74) is 3.59. The van der Waals surface area contributed by atoms with E-state index < -0.39 is 0 Å². The number of hydrogen-bond acceptors (Lipinski definition) is 2. The molecular formula is C16H21N3O. The minimum absolute atomic E-state index is 0.101. The van der Waals surface area contributed by atoms with Gasteiger partial charge in [-0.2, -0.15) is 0 Å². The van der Waals surface area contributed by atoms with Crippen LogP contribution in [-0.4, -0.2) is 22.4 Å². The van der Waals surface area contributed by atoms with Gasteiger partial charge < -0.3 is 10.3 Å². The van der Waals surface area contributed by atoms with E-state index in [4.69, 9.17) is 0 Å². The molecule has 2 aromatic rings. The maximum Gasteiger partial charge on any atom is 0.220 e. The van der Waals surface area contributed by atoms with E-state index >= 15 is 0 Å². The molecule has 2 N–H and O–H groups in total. The monoisotopic (exact) mass is 271 g/mol. The van der Waals surface area contributed by atoms with Gasteiger partial charge in [-0.05, 0) is 24.0 Å². The van der Waals surface area contributed by atoms with Crippen molar-refractivity contribution in [2.45, 2.75) is 32.6 Å². The lowest BCUT2D eigenvalue weighted by Gasteiger charge is -2.05. The average molecular weight is 271 g/mol. The molecule has 0 radical (unpaired) electrons. The van der Waals surface area contributed by atoms with Gasteiger partial charge in [-0.25, -0.2) is 4.98 Å². The maximum atomic E-state index is 11.7. The van der Waals surface area contributed by atoms with Crippen LogP contribution in [0.2, 0.25) is 0 Å². The molecule has 1 amide bonds. The van der Waals surface area contributed by atoms with E-state index in [1.54, 1.807) is 12.5 Å². The number of aromatic amines is 1. The molecular weight excluding hydrogens is 250 g/mol. The van der Waals surface area contributed by atoms with Gasteiger partial charge in [0.1, 0.15) is 0 Å². The summed E-state index contributed by atoms with van der Waals surface area (Å²) in [6.07, 6.45) is 6.60. The fourth-order valence-electron chi connectivity index (χ4n) is 2.05. The lowest BCUT2D eigenvalue weighted by atomic mass is 10.1. The molecule has 4 nitrogen and oxygen atoms in total. The first kappa shape index (κ1) is 14.3. The van der Waals surface area contributed by atoms with E-state index in [1.807, 2.05) is 0 Å². The van der Waals surface area contributed by atoms with E-state index in [1.165, 1.54) is 11.1 Å². The van der Waals surface area contributed by atoms with Gasteiger partial charge in [0.15, 0.2) is 0 Å². The molecule has 106 valence electrons. The fraction of sp³-hybridized carbons (Fsp3) is 0.375. The number of amides is 1. The molecule has 4 heteroatoms. The van der Waals surface area contributed by atoms with Crippen molar-refractivity contribution in [3.05, 3.63) is 53.6 Å². The van der Waals surface area contributed by atoms with Crippen molar-refractivity contribution in [1.29, 1.82) is 0 Å². The molecule has 20 heavy (non-hydrogen) atoms. The third kappa shape index (κ3) is 4.53. The second-order valence-electron chi connectivity index (χ2n) is 4.85. The van der Waals surface area contributed by atoms with E-state index in [0.717, 1.165) is 25.0 Å². The molecule has 2 rings (SSSR count). The molecule has 1 aromatic carbocycles. The molecule has 0 bridgehead atoms. The molecule has 0 aliphatic rings. The Morgan fingerprint density at radius 1 is 1.20 bits per heavy atom. The lowest BCUT2D eigenvalue weighted by Crippen LogP contribution is -2.25. The highest BCUT2D eigenvalue weighted by Gasteiger charge is 2.02. The van der Waals surface area contributed by atoms with Gasteiger partial charge in [0, 0.05) is 31.3 Å². The number of imidazole rings is 1. The van der Waals surface area contributed by atoms with Crippen LogP contribution in [0.15, 0.2) is 36.8 Å². The highest BCUT2D eigenvalue weighted by molar-refractivity contribution is 5.76. The third-order valence-electron chi connectivity index (χ3n) is 3.34. The molecule has 0 fully saturated rings. The summed E-state index contributed by atoms with van der Waals surface area (Å²) in [6, 6.07) is 8.48. The summed E-state index contributed by atoms with van der Waals surface area (Å²) in [7, 11) is 0. The van der Waals surface area contributed by atoms with Gasteiger partial charge in [-0.3, -0.25) is 4.79 Å². The van der Waals surface area contributed by atoms with Crippen molar-refractivity contribution in [1.82, 2.24) is 15.3 Å². The number of carbonyl (C=O) groups excluding carboxylic acids is 1. The summed E-state index contributed by atoms with van der Waals surface area (Å²) in [6.45, 7) is 2.79. The third-order valence-corrected chi connectivity index (χ3v) is 3.34. The first-order chi connectivity index (χ1) is 9.78. The Morgan fingerprint density at radius 3 is 2.60 bits per heavy atom. The Balaban J connectivity index is 1.66. The van der Waals surface area contributed by atoms with Crippen molar-refractivity contribution in [2.75, 3.05) is 6.54 Å². The van der Waals surface area contributed by atoms with Crippen LogP contribution in [0, 0.1) is 0 Å². The SMILES string of the molecule is CCc1ccc(CCC(=O)NCCc2cnc[nH]2)cc1. The molecule has 1 heterocycles. The molecule has 0 aliphatic heterocycles. The molecule has 0 aliphatic carbocycles. The van der Waals surface area contributed by atoms with E-state index in [-0.39, 0.29) is 5.91 Å². The zero-order valence-corrected chi connectivity index (χ0v) is 11.9. The van der Waals surface area contributed by atoms with Gasteiger partial charge in [-0.1, -0.05) is 31.2 Å². The smallest absolute Gasteiger partial charge is 0.220 e. The minimum Gasteiger partial charge on any atom is -0.356 e. The van der Waals surface area contributed by atoms with Crippen LogP contribution in [-0.2, 0) is 24.1 Å². The molecule has 1 aromatic heterocycles. The number of hydrogen-bond donors (Lipinski definition) is 2. The number of aryl methyl sites for hydroxylation is 2. The summed E-state index contributed by atoms with van der Waals surface area (Å²) < 4.78 is 0. The predicted octanol–water partition coefficient (Wildman–Crippen LogP) is 2.26. The van der Waals surface area contributed by atoms with Crippen molar-refractivity contribution in [2.24, 2.45) is 0 Å². The zero-order chi connectivity index (χ0) is 14.2. The highest BCUT2D eigenvalue weighted by atomic mass is 16.1. The lowest BCUT2D eigenvalue weighted by molar-refractivity contribution is -0.121. The topological polar surface area (TPSA) is 57.8 Å². The van der Waals surface area contributed by atoms with Crippen LogP contribution in [0.25, 0.3) is 0 Å². The number of aromatic nitrogens is 2. The van der Waals surface area contributed by atoms with E-state index in [0.29, 0.717) is 13.0 Å². The summed E-state index contributed by atoms with van der Waals surface area (Å²) in [5, 5.41) is 2.93. The maximum absolute atomic E-state index is 11.7. The normalized spacial score (nSPS) is 10.4. The van der Waals surface area contributed by atoms with Gasteiger partial charge in [-0.15, -0.1) is 0 Å². The van der Waals surface area contributed by atoms with E-state index in [9.17, 15) is 4.79 Å². The molecule has 0 unspecified atom stereocenters. The second-order valence-corrected chi connectivity index (χ2v) is 4.85. The standard InChI is InChI=1S/C16H21N3O/c1-2-13-3-5-14(6-4-13)7-8-16(20)18-10-9-15-11-17-12-19-15/h3-6,11-12H,2,7-10H2,1H3,(H,17,19)(H,18,20). The Hall–Kier alpha value is -2.10. The Morgan fingerprint density at radius 2 is 1.95 bits per heavy atom. The molecule has 0 spiro atoms. The quantitative estimate of drug-likeness (QED) is 0.811. The predicted molar refractivity (Wildman–Crippen MR) is 79.4 cm³/mol. The van der Waals surface area contributed by atoms with Gasteiger partial charge in [0.2, 0.25) is 5.91 Å². The summed E-state index contributed by atoms with van der Waals surface area (Å²) in [4.78, 5) is 18.7. The first-order valence-electron chi connectivity index (χ1n) is 7.09. The number of H-pyrrole nitrogens is 1. The van der Waals surface area contributed by atoms with Gasteiger partial charge >= 0.3 is 0 Å². The van der Waals surface area contributed by atoms with Crippen LogP contribution in [0.3, 0.4) is 0 Å². The van der Waals surface area contributed by atoms with Crippen LogP contribution in [0.5, 0.6) is 0 Å². The Bertz CT molecular complexity index is 517. The average Bonchev–Trinajstić information content (AvgIpc) is 2.99. The van der Waals surface area contributed by atoms with Crippen molar-refractivity contribution < 1.29 is 4.79 Å². The summed E-state index contributed by atoms with van der Waals surface area (Å²) >= 11 is 0. The Kier molecular flexibility index (Phi) is 5.35. The fourth-order valence-corrected chi connectivity index (χ4v) is 2.05. The van der Waals surface area contributed by atoms with Crippen molar-refractivity contribution in [3.8, 4) is 0 Å². The Labute approximate surface area is 119 Å². The molecule has 0 saturated carbocycles. The molecule has 0 saturated heterocycles. The van der Waals surface area contributed by atoms with Crippen LogP contribution in [0.1, 0.15) is 30.2 Å². The van der Waals surface area contributed by atoms with Gasteiger partial charge in [0.25, 0.3) is 0 Å².